The smallest absolute Gasteiger partial charge is 0.406 e. The fraction of sp³-hybridized carbons (Fsp3) is 0.286. The van der Waals surface area contributed by atoms with E-state index in [1.165, 1.54) is 12.1 Å². The summed E-state index contributed by atoms with van der Waals surface area (Å²) >= 11 is 0.998. The molecule has 3 aromatic rings. The number of rotatable bonds is 7. The van der Waals surface area contributed by atoms with Gasteiger partial charge in [-0.3, -0.25) is 9.59 Å². The Morgan fingerprint density at radius 1 is 1.19 bits per heavy atom. The molecule has 0 spiro atoms. The number of hydrogen-bond acceptors (Lipinski definition) is 6. The Morgan fingerprint density at radius 2 is 1.91 bits per heavy atom. The third kappa shape index (κ3) is 5.35. The van der Waals surface area contributed by atoms with E-state index in [0.29, 0.717) is 23.1 Å². The number of nitrogens with zero attached hydrogens (tertiary/aromatic N) is 1. The van der Waals surface area contributed by atoms with E-state index in [1.807, 2.05) is 30.3 Å². The zero-order valence-corrected chi connectivity index (χ0v) is 17.4. The fourth-order valence-corrected chi connectivity index (χ4v) is 3.97. The maximum absolute atomic E-state index is 13.0. The molecule has 4 N–H and O–H groups in total. The first-order valence-corrected chi connectivity index (χ1v) is 10.5. The molecule has 0 aliphatic heterocycles. The van der Waals surface area contributed by atoms with Crippen molar-refractivity contribution in [3.63, 3.8) is 0 Å². The molecule has 2 aromatic carbocycles. The van der Waals surface area contributed by atoms with Crippen LogP contribution in [0.5, 0.6) is 5.75 Å². The zero-order chi connectivity index (χ0) is 22.9. The van der Waals surface area contributed by atoms with Crippen LogP contribution in [0.2, 0.25) is 0 Å². The Hall–Kier alpha value is -3.18. The molecule has 1 aliphatic rings. The minimum Gasteiger partial charge on any atom is -0.406 e. The molecular weight excluding hydrogens is 445 g/mol. The average Bonchev–Trinajstić information content (AvgIpc) is 3.35. The second-order valence-corrected chi connectivity index (χ2v) is 8.59. The molecule has 4 rings (SSSR count). The molecule has 0 radical (unpaired) electrons. The van der Waals surface area contributed by atoms with Gasteiger partial charge in [0.15, 0.2) is 5.13 Å². The lowest BCUT2D eigenvalue weighted by atomic mass is 10.0. The largest absolute Gasteiger partial charge is 0.573 e. The standard InChI is InChI=1S/C21H19F3N4O3S/c22-21(23,24)31-13-6-7-14-16(11-13)32-19(27-14)28-17(29)15(10-12-4-2-1-3-5-12)26-18(30)20(25)8-9-20/h1-7,11,15H,8-10,25H2,(H,26,30)(H,27,28,29)/t15-/m0/s1. The number of carbonyl (C=O) groups excluding carboxylic acids is 2. The van der Waals surface area contributed by atoms with Gasteiger partial charge in [-0.15, -0.1) is 13.2 Å². The number of amides is 2. The van der Waals surface area contributed by atoms with Crippen LogP contribution in [0.15, 0.2) is 48.5 Å². The Labute approximate surface area is 184 Å². The highest BCUT2D eigenvalue weighted by molar-refractivity contribution is 7.22. The lowest BCUT2D eigenvalue weighted by Crippen LogP contribution is -2.52. The molecule has 1 heterocycles. The molecule has 32 heavy (non-hydrogen) atoms. The van der Waals surface area contributed by atoms with Crippen LogP contribution in [-0.2, 0) is 16.0 Å². The molecule has 2 amide bonds. The minimum atomic E-state index is -4.81. The number of halogens is 3. The summed E-state index contributed by atoms with van der Waals surface area (Å²) in [5, 5.41) is 5.55. The van der Waals surface area contributed by atoms with E-state index in [0.717, 1.165) is 23.0 Å². The van der Waals surface area contributed by atoms with Gasteiger partial charge in [0.05, 0.1) is 15.8 Å². The summed E-state index contributed by atoms with van der Waals surface area (Å²) in [6.45, 7) is 0. The van der Waals surface area contributed by atoms with Gasteiger partial charge in [0.2, 0.25) is 11.8 Å². The van der Waals surface area contributed by atoms with Crippen LogP contribution >= 0.6 is 11.3 Å². The number of benzene rings is 2. The van der Waals surface area contributed by atoms with Gasteiger partial charge >= 0.3 is 6.36 Å². The van der Waals surface area contributed by atoms with Gasteiger partial charge < -0.3 is 21.1 Å². The number of nitrogens with one attached hydrogen (secondary N) is 2. The Bertz CT molecular complexity index is 1150. The summed E-state index contributed by atoms with van der Waals surface area (Å²) in [6.07, 6.45) is -3.46. The molecule has 1 saturated carbocycles. The normalized spacial score (nSPS) is 15.8. The molecule has 1 aliphatic carbocycles. The first kappa shape index (κ1) is 22.0. The Balaban J connectivity index is 1.51. The number of aromatic nitrogens is 1. The fourth-order valence-electron chi connectivity index (χ4n) is 3.07. The molecule has 0 unspecified atom stereocenters. The molecule has 7 nitrogen and oxygen atoms in total. The molecule has 1 aromatic heterocycles. The van der Waals surface area contributed by atoms with E-state index in [2.05, 4.69) is 20.4 Å². The lowest BCUT2D eigenvalue weighted by molar-refractivity contribution is -0.274. The summed E-state index contributed by atoms with van der Waals surface area (Å²) in [5.41, 5.74) is 6.25. The minimum absolute atomic E-state index is 0.190. The zero-order valence-electron chi connectivity index (χ0n) is 16.6. The molecule has 1 fully saturated rings. The van der Waals surface area contributed by atoms with Crippen molar-refractivity contribution in [1.29, 1.82) is 0 Å². The van der Waals surface area contributed by atoms with Crippen molar-refractivity contribution in [1.82, 2.24) is 10.3 Å². The molecule has 168 valence electrons. The molecule has 0 saturated heterocycles. The van der Waals surface area contributed by atoms with Crippen LogP contribution < -0.4 is 21.1 Å². The molecular formula is C21H19F3N4O3S. The van der Waals surface area contributed by atoms with Crippen molar-refractivity contribution >= 4 is 38.5 Å². The third-order valence-corrected chi connectivity index (χ3v) is 5.90. The number of carbonyl (C=O) groups is 2. The van der Waals surface area contributed by atoms with Crippen molar-refractivity contribution in [2.75, 3.05) is 5.32 Å². The van der Waals surface area contributed by atoms with Gasteiger partial charge in [-0.25, -0.2) is 4.98 Å². The van der Waals surface area contributed by atoms with Crippen molar-refractivity contribution in [3.8, 4) is 5.75 Å². The van der Waals surface area contributed by atoms with Gasteiger partial charge in [0.1, 0.15) is 11.8 Å². The van der Waals surface area contributed by atoms with Crippen LogP contribution in [0.3, 0.4) is 0 Å². The van der Waals surface area contributed by atoms with Crippen molar-refractivity contribution in [3.05, 3.63) is 54.1 Å². The quantitative estimate of drug-likeness (QED) is 0.497. The number of alkyl halides is 3. The summed E-state index contributed by atoms with van der Waals surface area (Å²) < 4.78 is 41.7. The van der Waals surface area contributed by atoms with E-state index < -0.39 is 29.8 Å². The highest BCUT2D eigenvalue weighted by Gasteiger charge is 2.47. The first-order chi connectivity index (χ1) is 15.1. The van der Waals surface area contributed by atoms with E-state index in [9.17, 15) is 22.8 Å². The Kier molecular flexibility index (Phi) is 5.78. The summed E-state index contributed by atoms with van der Waals surface area (Å²) in [7, 11) is 0. The molecule has 1 atom stereocenters. The molecule has 11 heteroatoms. The number of anilines is 1. The van der Waals surface area contributed by atoms with Crippen LogP contribution in [0.25, 0.3) is 10.2 Å². The van der Waals surface area contributed by atoms with E-state index in [1.54, 1.807) is 0 Å². The number of hydrogen-bond donors (Lipinski definition) is 3. The van der Waals surface area contributed by atoms with Crippen molar-refractivity contribution in [2.24, 2.45) is 5.73 Å². The van der Waals surface area contributed by atoms with Gasteiger partial charge in [-0.05, 0) is 30.5 Å². The third-order valence-electron chi connectivity index (χ3n) is 4.97. The first-order valence-electron chi connectivity index (χ1n) is 9.72. The maximum Gasteiger partial charge on any atom is 0.573 e. The predicted molar refractivity (Wildman–Crippen MR) is 113 cm³/mol. The van der Waals surface area contributed by atoms with Gasteiger partial charge in [0.25, 0.3) is 0 Å². The summed E-state index contributed by atoms with van der Waals surface area (Å²) in [5.74, 6) is -1.28. The predicted octanol–water partition coefficient (Wildman–Crippen LogP) is 3.35. The topological polar surface area (TPSA) is 106 Å². The monoisotopic (exact) mass is 464 g/mol. The van der Waals surface area contributed by atoms with Crippen molar-refractivity contribution in [2.45, 2.75) is 37.2 Å². The lowest BCUT2D eigenvalue weighted by Gasteiger charge is -2.20. The van der Waals surface area contributed by atoms with Crippen LogP contribution in [-0.4, -0.2) is 34.7 Å². The van der Waals surface area contributed by atoms with Gasteiger partial charge in [-0.1, -0.05) is 41.7 Å². The number of nitrogens with two attached hydrogens (primary N) is 1. The maximum atomic E-state index is 13.0. The van der Waals surface area contributed by atoms with Gasteiger partial charge in [-0.2, -0.15) is 0 Å². The van der Waals surface area contributed by atoms with E-state index in [4.69, 9.17) is 5.73 Å². The number of thiazole rings is 1. The summed E-state index contributed by atoms with van der Waals surface area (Å²) in [4.78, 5) is 29.6. The molecule has 0 bridgehead atoms. The second kappa shape index (κ2) is 8.40. The number of fused-ring (bicyclic) bond motifs is 1. The number of ether oxygens (including phenoxy) is 1. The average molecular weight is 464 g/mol. The second-order valence-electron chi connectivity index (χ2n) is 7.56. The van der Waals surface area contributed by atoms with Crippen molar-refractivity contribution < 1.29 is 27.5 Å². The van der Waals surface area contributed by atoms with E-state index >= 15 is 0 Å². The highest BCUT2D eigenvalue weighted by atomic mass is 32.1. The Morgan fingerprint density at radius 3 is 2.56 bits per heavy atom. The van der Waals surface area contributed by atoms with Gasteiger partial charge in [0, 0.05) is 12.5 Å². The highest BCUT2D eigenvalue weighted by Crippen LogP contribution is 2.33. The van der Waals surface area contributed by atoms with E-state index in [-0.39, 0.29) is 17.3 Å². The van der Waals surface area contributed by atoms with Crippen LogP contribution in [0.1, 0.15) is 18.4 Å². The summed E-state index contributed by atoms with van der Waals surface area (Å²) in [6, 6.07) is 12.0. The SMILES string of the molecule is NC1(C(=O)N[C@@H](Cc2ccccc2)C(=O)Nc2nc3ccc(OC(F)(F)F)cc3s2)CC1. The van der Waals surface area contributed by atoms with Crippen LogP contribution in [0.4, 0.5) is 18.3 Å². The van der Waals surface area contributed by atoms with Crippen LogP contribution in [0, 0.1) is 0 Å².